The zero-order valence-corrected chi connectivity index (χ0v) is 7.41. The molecule has 12 heavy (non-hydrogen) atoms. The van der Waals surface area contributed by atoms with Crippen LogP contribution in [-0.4, -0.2) is 13.4 Å². The van der Waals surface area contributed by atoms with Crippen LogP contribution in [0, 0.1) is 6.92 Å². The van der Waals surface area contributed by atoms with Gasteiger partial charge in [-0.1, -0.05) is 12.1 Å². The topological polar surface area (TPSA) is 18.5 Å². The fraction of sp³-hybridized carbons (Fsp3) is 0.300. The second kappa shape index (κ2) is 4.12. The normalized spacial score (nSPS) is 12.6. The van der Waals surface area contributed by atoms with E-state index in [0.29, 0.717) is 0 Å². The van der Waals surface area contributed by atoms with E-state index in [-0.39, 0.29) is 6.29 Å². The van der Waals surface area contributed by atoms with Crippen LogP contribution in [0.25, 0.3) is 0 Å². The Bertz CT molecular complexity index is 245. The predicted octanol–water partition coefficient (Wildman–Crippen LogP) is 2.24. The third-order valence-electron chi connectivity index (χ3n) is 1.53. The van der Waals surface area contributed by atoms with Crippen LogP contribution in [-0.2, 0) is 4.74 Å². The number of methoxy groups -OCH3 is 1. The van der Waals surface area contributed by atoms with Crippen molar-refractivity contribution in [1.29, 1.82) is 0 Å². The molecule has 0 aromatic heterocycles. The smallest absolute Gasteiger partial charge is 0.196 e. The van der Waals surface area contributed by atoms with Crippen LogP contribution >= 0.6 is 0 Å². The van der Waals surface area contributed by atoms with Gasteiger partial charge in [0, 0.05) is 7.11 Å². The van der Waals surface area contributed by atoms with Crippen molar-refractivity contribution in [3.8, 4) is 5.75 Å². The Morgan fingerprint density at radius 3 is 2.75 bits per heavy atom. The predicted molar refractivity (Wildman–Crippen MR) is 48.0 cm³/mol. The summed E-state index contributed by atoms with van der Waals surface area (Å²) in [5.74, 6) is 0.789. The highest BCUT2D eigenvalue weighted by Gasteiger charge is 1.99. The molecule has 1 aromatic rings. The number of ether oxygens (including phenoxy) is 2. The molecule has 1 atom stereocenters. The molecule has 2 nitrogen and oxygen atoms in total. The number of hydrogen-bond donors (Lipinski definition) is 0. The lowest BCUT2D eigenvalue weighted by molar-refractivity contribution is -0.0382. The van der Waals surface area contributed by atoms with Gasteiger partial charge in [0.1, 0.15) is 5.75 Å². The van der Waals surface area contributed by atoms with E-state index in [1.54, 1.807) is 7.11 Å². The average molecular weight is 165 g/mol. The summed E-state index contributed by atoms with van der Waals surface area (Å²) in [6.45, 7) is 5.64. The zero-order valence-electron chi connectivity index (χ0n) is 7.41. The van der Waals surface area contributed by atoms with Crippen LogP contribution in [0.15, 0.2) is 24.3 Å². The molecule has 0 aliphatic heterocycles. The Labute approximate surface area is 73.1 Å². The maximum atomic E-state index is 5.38. The zero-order chi connectivity index (χ0) is 8.97. The molecule has 0 aliphatic rings. The molecule has 1 radical (unpaired) electrons. The fourth-order valence-electron chi connectivity index (χ4n) is 0.859. The van der Waals surface area contributed by atoms with E-state index >= 15 is 0 Å². The second-order valence-electron chi connectivity index (χ2n) is 2.57. The SMILES string of the molecule is [CH2]c1cccc(OC(C)OC)c1. The minimum absolute atomic E-state index is 0.216. The van der Waals surface area contributed by atoms with Gasteiger partial charge >= 0.3 is 0 Å². The van der Waals surface area contributed by atoms with Gasteiger partial charge in [0.05, 0.1) is 0 Å². The molecular formula is C10H13O2. The third-order valence-corrected chi connectivity index (χ3v) is 1.53. The van der Waals surface area contributed by atoms with Crippen molar-refractivity contribution >= 4 is 0 Å². The summed E-state index contributed by atoms with van der Waals surface area (Å²) in [5, 5.41) is 0. The first-order valence-corrected chi connectivity index (χ1v) is 3.84. The van der Waals surface area contributed by atoms with Gasteiger partial charge in [0.25, 0.3) is 0 Å². The number of rotatable bonds is 3. The van der Waals surface area contributed by atoms with Gasteiger partial charge in [-0.15, -0.1) is 0 Å². The van der Waals surface area contributed by atoms with Gasteiger partial charge < -0.3 is 9.47 Å². The lowest BCUT2D eigenvalue weighted by Crippen LogP contribution is -2.13. The maximum Gasteiger partial charge on any atom is 0.196 e. The van der Waals surface area contributed by atoms with Gasteiger partial charge in [-0.3, -0.25) is 0 Å². The van der Waals surface area contributed by atoms with Gasteiger partial charge in [0.2, 0.25) is 0 Å². The molecule has 2 heteroatoms. The summed E-state index contributed by atoms with van der Waals surface area (Å²) in [6.07, 6.45) is -0.216. The summed E-state index contributed by atoms with van der Waals surface area (Å²) in [7, 11) is 1.61. The second-order valence-corrected chi connectivity index (χ2v) is 2.57. The van der Waals surface area contributed by atoms with Crippen molar-refractivity contribution in [3.05, 3.63) is 36.8 Å². The molecule has 0 fully saturated rings. The van der Waals surface area contributed by atoms with Crippen LogP contribution in [0.5, 0.6) is 5.75 Å². The molecule has 0 saturated heterocycles. The Hall–Kier alpha value is -1.02. The Morgan fingerprint density at radius 1 is 1.42 bits per heavy atom. The molecule has 1 aromatic carbocycles. The molecule has 0 bridgehead atoms. The van der Waals surface area contributed by atoms with E-state index in [0.717, 1.165) is 11.3 Å². The first kappa shape index (κ1) is 9.07. The molecule has 0 N–H and O–H groups in total. The van der Waals surface area contributed by atoms with Crippen molar-refractivity contribution in [1.82, 2.24) is 0 Å². The average Bonchev–Trinajstić information content (AvgIpc) is 2.04. The number of hydrogen-bond acceptors (Lipinski definition) is 2. The Balaban J connectivity index is 2.63. The van der Waals surface area contributed by atoms with Crippen molar-refractivity contribution in [2.24, 2.45) is 0 Å². The molecule has 65 valence electrons. The highest BCUT2D eigenvalue weighted by atomic mass is 16.7. The minimum Gasteiger partial charge on any atom is -0.465 e. The van der Waals surface area contributed by atoms with E-state index in [9.17, 15) is 0 Å². The standard InChI is InChI=1S/C10H13O2/c1-8-5-4-6-10(7-8)12-9(2)11-3/h4-7,9H,1H2,2-3H3. The first-order chi connectivity index (χ1) is 5.72. The summed E-state index contributed by atoms with van der Waals surface area (Å²) in [4.78, 5) is 0. The third kappa shape index (κ3) is 2.55. The Kier molecular flexibility index (Phi) is 3.11. The highest BCUT2D eigenvalue weighted by molar-refractivity contribution is 5.29. The van der Waals surface area contributed by atoms with Crippen LogP contribution < -0.4 is 4.74 Å². The van der Waals surface area contributed by atoms with Gasteiger partial charge in [-0.2, -0.15) is 0 Å². The van der Waals surface area contributed by atoms with Crippen molar-refractivity contribution in [2.75, 3.05) is 7.11 Å². The highest BCUT2D eigenvalue weighted by Crippen LogP contribution is 2.13. The van der Waals surface area contributed by atoms with Crippen LogP contribution in [0.4, 0.5) is 0 Å². The van der Waals surface area contributed by atoms with Crippen molar-refractivity contribution in [3.63, 3.8) is 0 Å². The van der Waals surface area contributed by atoms with E-state index in [1.165, 1.54) is 0 Å². The van der Waals surface area contributed by atoms with E-state index in [4.69, 9.17) is 9.47 Å². The molecule has 0 aliphatic carbocycles. The maximum absolute atomic E-state index is 5.38. The monoisotopic (exact) mass is 165 g/mol. The van der Waals surface area contributed by atoms with Crippen LogP contribution in [0.1, 0.15) is 12.5 Å². The molecule has 1 unspecified atom stereocenters. The molecule has 0 amide bonds. The fourth-order valence-corrected chi connectivity index (χ4v) is 0.859. The summed E-state index contributed by atoms with van der Waals surface area (Å²) >= 11 is 0. The van der Waals surface area contributed by atoms with E-state index in [2.05, 4.69) is 6.92 Å². The van der Waals surface area contributed by atoms with Gasteiger partial charge in [0.15, 0.2) is 6.29 Å². The first-order valence-electron chi connectivity index (χ1n) is 3.84. The molecule has 1 rings (SSSR count). The lowest BCUT2D eigenvalue weighted by atomic mass is 10.2. The molecule has 0 saturated carbocycles. The summed E-state index contributed by atoms with van der Waals surface area (Å²) in [5.41, 5.74) is 0.941. The molecular weight excluding hydrogens is 152 g/mol. The number of benzene rings is 1. The van der Waals surface area contributed by atoms with Gasteiger partial charge in [-0.25, -0.2) is 0 Å². The van der Waals surface area contributed by atoms with Crippen molar-refractivity contribution in [2.45, 2.75) is 13.2 Å². The van der Waals surface area contributed by atoms with Crippen LogP contribution in [0.3, 0.4) is 0 Å². The lowest BCUT2D eigenvalue weighted by Gasteiger charge is -2.12. The van der Waals surface area contributed by atoms with E-state index in [1.807, 2.05) is 31.2 Å². The Morgan fingerprint density at radius 2 is 2.17 bits per heavy atom. The van der Waals surface area contributed by atoms with E-state index < -0.39 is 0 Å². The largest absolute Gasteiger partial charge is 0.465 e. The van der Waals surface area contributed by atoms with Crippen LogP contribution in [0.2, 0.25) is 0 Å². The van der Waals surface area contributed by atoms with Crippen molar-refractivity contribution < 1.29 is 9.47 Å². The quantitative estimate of drug-likeness (QED) is 0.639. The van der Waals surface area contributed by atoms with Gasteiger partial charge in [-0.05, 0) is 31.5 Å². The summed E-state index contributed by atoms with van der Waals surface area (Å²) in [6, 6.07) is 7.57. The molecule has 0 spiro atoms. The molecule has 0 heterocycles. The minimum atomic E-state index is -0.216. The summed E-state index contributed by atoms with van der Waals surface area (Å²) < 4.78 is 10.3.